The molecular formula is C26H20N2. The molecule has 28 heavy (non-hydrogen) atoms. The number of rotatable bonds is 2. The summed E-state index contributed by atoms with van der Waals surface area (Å²) in [6, 6.07) is 29.6. The third-order valence-electron chi connectivity index (χ3n) is 5.32. The van der Waals surface area contributed by atoms with E-state index in [9.17, 15) is 0 Å². The van der Waals surface area contributed by atoms with Crippen LogP contribution in [0.1, 0.15) is 0 Å². The molecule has 5 rings (SSSR count). The molecule has 2 aromatic heterocycles. The minimum absolute atomic E-state index is 1.08. The zero-order valence-corrected chi connectivity index (χ0v) is 15.5. The quantitative estimate of drug-likeness (QED) is 0.233. The SMILES string of the molecule is [CH2-][n+]1ccc(-c2ccccc2)c2ccc3c(-c4ccccc4)cc[n+]([CH2-])c3c21. The lowest BCUT2D eigenvalue weighted by Gasteiger charge is -2.17. The van der Waals surface area contributed by atoms with E-state index in [4.69, 9.17) is 0 Å². The van der Waals surface area contributed by atoms with Crippen molar-refractivity contribution in [2.45, 2.75) is 0 Å². The van der Waals surface area contributed by atoms with Crippen LogP contribution in [0.15, 0.2) is 97.3 Å². The van der Waals surface area contributed by atoms with Gasteiger partial charge in [-0.05, 0) is 45.2 Å². The summed E-state index contributed by atoms with van der Waals surface area (Å²) in [7, 11) is 8.51. The van der Waals surface area contributed by atoms with Crippen molar-refractivity contribution in [2.75, 3.05) is 0 Å². The summed E-state index contributed by atoms with van der Waals surface area (Å²) in [6.45, 7) is 0. The molecule has 2 heterocycles. The van der Waals surface area contributed by atoms with E-state index in [2.05, 4.69) is 86.9 Å². The number of hydrogen-bond acceptors (Lipinski definition) is 0. The number of benzene rings is 3. The number of nitrogens with zero attached hydrogens (tertiary/aromatic N) is 2. The van der Waals surface area contributed by atoms with Crippen molar-refractivity contribution in [2.24, 2.45) is 0 Å². The van der Waals surface area contributed by atoms with Gasteiger partial charge in [-0.15, -0.1) is 0 Å². The molecule has 0 aliphatic heterocycles. The number of aromatic nitrogens is 2. The van der Waals surface area contributed by atoms with Crippen molar-refractivity contribution in [1.82, 2.24) is 0 Å². The second kappa shape index (κ2) is 6.43. The standard InChI is InChI=1S/C26H20N2/c1-27-17-15-21(19-9-5-3-6-10-19)23-13-14-24-22(20-11-7-4-8-12-20)16-18-28(2)26(24)25(23)27/h3-18H,1-2H2. The van der Waals surface area contributed by atoms with Crippen molar-refractivity contribution in [1.29, 1.82) is 0 Å². The summed E-state index contributed by atoms with van der Waals surface area (Å²) in [5, 5.41) is 2.33. The van der Waals surface area contributed by atoms with Crippen LogP contribution in [0.25, 0.3) is 44.1 Å². The predicted octanol–water partition coefficient (Wildman–Crippen LogP) is 5.18. The molecule has 0 bridgehead atoms. The fourth-order valence-electron chi connectivity index (χ4n) is 3.99. The molecule has 0 aliphatic carbocycles. The summed E-state index contributed by atoms with van der Waals surface area (Å²) in [4.78, 5) is 0. The first kappa shape index (κ1) is 16.4. The number of fused-ring (bicyclic) bond motifs is 3. The topological polar surface area (TPSA) is 7.76 Å². The van der Waals surface area contributed by atoms with Crippen molar-refractivity contribution in [3.63, 3.8) is 0 Å². The lowest BCUT2D eigenvalue weighted by molar-refractivity contribution is -0.604. The molecule has 0 unspecified atom stereocenters. The molecule has 3 aromatic carbocycles. The van der Waals surface area contributed by atoms with Crippen molar-refractivity contribution >= 4 is 21.8 Å². The summed E-state index contributed by atoms with van der Waals surface area (Å²) in [6.07, 6.45) is 4.05. The first-order valence-electron chi connectivity index (χ1n) is 9.32. The van der Waals surface area contributed by atoms with Crippen molar-refractivity contribution in [3.8, 4) is 22.3 Å². The molecule has 2 nitrogen and oxygen atoms in total. The smallest absolute Gasteiger partial charge is 0.128 e. The van der Waals surface area contributed by atoms with Crippen molar-refractivity contribution in [3.05, 3.63) is 111 Å². The van der Waals surface area contributed by atoms with Gasteiger partial charge in [0.25, 0.3) is 0 Å². The normalized spacial score (nSPS) is 11.1. The van der Waals surface area contributed by atoms with Crippen LogP contribution in [0.2, 0.25) is 0 Å². The fourth-order valence-corrected chi connectivity index (χ4v) is 3.99. The van der Waals surface area contributed by atoms with Crippen LogP contribution < -0.4 is 9.13 Å². The molecule has 134 valence electrons. The second-order valence-corrected chi connectivity index (χ2v) is 6.99. The van der Waals surface area contributed by atoms with Crippen LogP contribution >= 0.6 is 0 Å². The highest BCUT2D eigenvalue weighted by molar-refractivity contribution is 6.08. The summed E-state index contributed by atoms with van der Waals surface area (Å²) in [5.74, 6) is 0. The Labute approximate surface area is 164 Å². The zero-order chi connectivity index (χ0) is 19.1. The first-order chi connectivity index (χ1) is 13.7. The van der Waals surface area contributed by atoms with E-state index in [1.807, 2.05) is 33.7 Å². The van der Waals surface area contributed by atoms with Crippen molar-refractivity contribution < 1.29 is 9.13 Å². The van der Waals surface area contributed by atoms with E-state index in [0.717, 1.165) is 11.0 Å². The van der Waals surface area contributed by atoms with Gasteiger partial charge < -0.3 is 9.13 Å². The third-order valence-corrected chi connectivity index (χ3v) is 5.32. The van der Waals surface area contributed by atoms with Crippen LogP contribution in [-0.2, 0) is 0 Å². The Morgan fingerprint density at radius 3 is 1.25 bits per heavy atom. The molecule has 5 aromatic rings. The van der Waals surface area contributed by atoms with Gasteiger partial charge in [-0.1, -0.05) is 72.8 Å². The molecule has 0 radical (unpaired) electrons. The Bertz CT molecular complexity index is 1200. The minimum Gasteiger partial charge on any atom is -0.338 e. The van der Waals surface area contributed by atoms with E-state index < -0.39 is 0 Å². The van der Waals surface area contributed by atoms with Crippen LogP contribution in [0.5, 0.6) is 0 Å². The molecule has 0 spiro atoms. The maximum Gasteiger partial charge on any atom is 0.128 e. The molecule has 0 amide bonds. The van der Waals surface area contributed by atoms with E-state index in [-0.39, 0.29) is 0 Å². The predicted molar refractivity (Wildman–Crippen MR) is 114 cm³/mol. The zero-order valence-electron chi connectivity index (χ0n) is 15.5. The van der Waals surface area contributed by atoms with Crippen LogP contribution in [0.4, 0.5) is 0 Å². The number of pyridine rings is 2. The van der Waals surface area contributed by atoms with Crippen LogP contribution in [-0.4, -0.2) is 0 Å². The van der Waals surface area contributed by atoms with Gasteiger partial charge in [0.05, 0.1) is 12.4 Å². The fraction of sp³-hybridized carbons (Fsp3) is 0. The molecule has 0 atom stereocenters. The average Bonchev–Trinajstić information content (AvgIpc) is 2.75. The van der Waals surface area contributed by atoms with Gasteiger partial charge in [-0.2, -0.15) is 0 Å². The maximum atomic E-state index is 4.25. The Hall–Kier alpha value is -3.78. The lowest BCUT2D eigenvalue weighted by atomic mass is 9.96. The summed E-state index contributed by atoms with van der Waals surface area (Å²) >= 11 is 0. The van der Waals surface area contributed by atoms with Gasteiger partial charge in [0.2, 0.25) is 0 Å². The van der Waals surface area contributed by atoms with Gasteiger partial charge in [0.1, 0.15) is 11.0 Å². The Morgan fingerprint density at radius 2 is 0.857 bits per heavy atom. The molecule has 2 heteroatoms. The van der Waals surface area contributed by atoms with Gasteiger partial charge in [0, 0.05) is 14.1 Å². The summed E-state index contributed by atoms with van der Waals surface area (Å²) < 4.78 is 3.89. The van der Waals surface area contributed by atoms with Gasteiger partial charge in [-0.25, -0.2) is 0 Å². The van der Waals surface area contributed by atoms with Crippen LogP contribution in [0, 0.1) is 14.1 Å². The molecule has 0 N–H and O–H groups in total. The van der Waals surface area contributed by atoms with Gasteiger partial charge in [0.15, 0.2) is 0 Å². The Morgan fingerprint density at radius 1 is 0.464 bits per heavy atom. The second-order valence-electron chi connectivity index (χ2n) is 6.99. The Kier molecular flexibility index (Phi) is 3.77. The Balaban J connectivity index is 1.91. The highest BCUT2D eigenvalue weighted by Gasteiger charge is 2.14. The minimum atomic E-state index is 1.08. The monoisotopic (exact) mass is 360 g/mol. The molecule has 0 fully saturated rings. The van der Waals surface area contributed by atoms with Crippen LogP contribution in [0.3, 0.4) is 0 Å². The first-order valence-corrected chi connectivity index (χ1v) is 9.32. The van der Waals surface area contributed by atoms with E-state index >= 15 is 0 Å². The van der Waals surface area contributed by atoms with E-state index in [0.29, 0.717) is 0 Å². The van der Waals surface area contributed by atoms with E-state index in [1.165, 1.54) is 33.0 Å². The maximum absolute atomic E-state index is 4.25. The molecular weight excluding hydrogens is 340 g/mol. The van der Waals surface area contributed by atoms with Gasteiger partial charge in [-0.3, -0.25) is 0 Å². The molecule has 0 saturated carbocycles. The molecule has 0 saturated heterocycles. The number of hydrogen-bond donors (Lipinski definition) is 0. The van der Waals surface area contributed by atoms with E-state index in [1.54, 1.807) is 0 Å². The summed E-state index contributed by atoms with van der Waals surface area (Å²) in [5.41, 5.74) is 6.94. The third kappa shape index (κ3) is 2.50. The molecule has 0 aliphatic rings. The highest BCUT2D eigenvalue weighted by Crippen LogP contribution is 2.33. The average molecular weight is 360 g/mol. The lowest BCUT2D eigenvalue weighted by Crippen LogP contribution is -2.32. The largest absolute Gasteiger partial charge is 0.338 e. The highest BCUT2D eigenvalue weighted by atomic mass is 15.0. The van der Waals surface area contributed by atoms with Gasteiger partial charge >= 0.3 is 0 Å².